The molecule has 98 valence electrons. The van der Waals surface area contributed by atoms with Crippen molar-refractivity contribution in [3.05, 3.63) is 23.7 Å². The molecule has 0 unspecified atom stereocenters. The van der Waals surface area contributed by atoms with E-state index in [-0.39, 0.29) is 5.91 Å². The average molecular weight is 248 g/mol. The molecule has 4 heteroatoms. The molecule has 3 rings (SSSR count). The second-order valence-electron chi connectivity index (χ2n) is 5.59. The lowest BCUT2D eigenvalue weighted by molar-refractivity contribution is 0.0689. The molecule has 1 aromatic rings. The maximum absolute atomic E-state index is 12.4. The summed E-state index contributed by atoms with van der Waals surface area (Å²) in [7, 11) is 1.93. The van der Waals surface area contributed by atoms with Crippen LogP contribution in [0.25, 0.3) is 0 Å². The maximum atomic E-state index is 12.4. The molecule has 0 bridgehead atoms. The highest BCUT2D eigenvalue weighted by Gasteiger charge is 2.45. The van der Waals surface area contributed by atoms with E-state index in [1.54, 1.807) is 6.07 Å². The highest BCUT2D eigenvalue weighted by molar-refractivity contribution is 5.94. The van der Waals surface area contributed by atoms with Gasteiger partial charge in [0.2, 0.25) is 0 Å². The smallest absolute Gasteiger partial charge is 0.257 e. The van der Waals surface area contributed by atoms with E-state index in [0.29, 0.717) is 23.9 Å². The number of amides is 1. The minimum atomic E-state index is 0.0715. The Morgan fingerprint density at radius 2 is 2.06 bits per heavy atom. The number of nitrogens with two attached hydrogens (primary N) is 1. The summed E-state index contributed by atoms with van der Waals surface area (Å²) in [6.45, 7) is 0.339. The monoisotopic (exact) mass is 248 g/mol. The van der Waals surface area contributed by atoms with Gasteiger partial charge in [0.25, 0.3) is 5.91 Å². The third kappa shape index (κ3) is 2.17. The molecule has 1 heterocycles. The van der Waals surface area contributed by atoms with Crippen LogP contribution in [0, 0.1) is 11.8 Å². The SMILES string of the molecule is CN(C(=O)c1coc(CN)c1)C(C1CC1)C1CC1. The van der Waals surface area contributed by atoms with E-state index in [4.69, 9.17) is 10.2 Å². The van der Waals surface area contributed by atoms with Crippen LogP contribution < -0.4 is 5.73 Å². The van der Waals surface area contributed by atoms with Crippen molar-refractivity contribution in [3.8, 4) is 0 Å². The van der Waals surface area contributed by atoms with Crippen LogP contribution in [0.15, 0.2) is 16.7 Å². The van der Waals surface area contributed by atoms with Crippen LogP contribution in [0.2, 0.25) is 0 Å². The first-order valence-corrected chi connectivity index (χ1v) is 6.75. The fourth-order valence-electron chi connectivity index (χ4n) is 2.83. The van der Waals surface area contributed by atoms with Gasteiger partial charge >= 0.3 is 0 Å². The van der Waals surface area contributed by atoms with Crippen molar-refractivity contribution < 1.29 is 9.21 Å². The molecule has 0 spiro atoms. The zero-order valence-electron chi connectivity index (χ0n) is 10.8. The number of carbonyl (C=O) groups excluding carboxylic acids is 1. The van der Waals surface area contributed by atoms with Crippen LogP contribution in [0.3, 0.4) is 0 Å². The van der Waals surface area contributed by atoms with Crippen molar-refractivity contribution in [1.82, 2.24) is 4.90 Å². The summed E-state index contributed by atoms with van der Waals surface area (Å²) >= 11 is 0. The maximum Gasteiger partial charge on any atom is 0.257 e. The van der Waals surface area contributed by atoms with E-state index in [1.807, 2.05) is 11.9 Å². The number of carbonyl (C=O) groups is 1. The van der Waals surface area contributed by atoms with E-state index in [9.17, 15) is 4.79 Å². The normalized spacial score (nSPS) is 19.3. The predicted octanol–water partition coefficient (Wildman–Crippen LogP) is 2.00. The average Bonchev–Trinajstić information content (AvgIpc) is 3.30. The first-order chi connectivity index (χ1) is 8.70. The third-order valence-electron chi connectivity index (χ3n) is 4.08. The minimum Gasteiger partial charge on any atom is -0.467 e. The summed E-state index contributed by atoms with van der Waals surface area (Å²) in [5, 5.41) is 0. The Hall–Kier alpha value is -1.29. The molecule has 2 aliphatic carbocycles. The molecule has 1 aromatic heterocycles. The Labute approximate surface area is 107 Å². The summed E-state index contributed by atoms with van der Waals surface area (Å²) in [5.41, 5.74) is 6.13. The molecule has 0 aromatic carbocycles. The molecule has 0 atom stereocenters. The highest BCUT2D eigenvalue weighted by atomic mass is 16.3. The van der Waals surface area contributed by atoms with Gasteiger partial charge in [-0.1, -0.05) is 0 Å². The Morgan fingerprint density at radius 3 is 2.50 bits per heavy atom. The van der Waals surface area contributed by atoms with E-state index >= 15 is 0 Å². The summed E-state index contributed by atoms with van der Waals surface area (Å²) in [4.78, 5) is 14.3. The van der Waals surface area contributed by atoms with Crippen molar-refractivity contribution in [1.29, 1.82) is 0 Å². The molecule has 2 saturated carbocycles. The van der Waals surface area contributed by atoms with Crippen LogP contribution in [0.5, 0.6) is 0 Å². The Morgan fingerprint density at radius 1 is 1.44 bits per heavy atom. The lowest BCUT2D eigenvalue weighted by atomic mass is 10.1. The van der Waals surface area contributed by atoms with Crippen LogP contribution in [-0.4, -0.2) is 23.9 Å². The van der Waals surface area contributed by atoms with E-state index in [0.717, 1.165) is 11.8 Å². The summed E-state index contributed by atoms with van der Waals surface area (Å²) in [5.74, 6) is 2.20. The quantitative estimate of drug-likeness (QED) is 0.867. The van der Waals surface area contributed by atoms with Gasteiger partial charge in [0, 0.05) is 13.1 Å². The lowest BCUT2D eigenvalue weighted by Gasteiger charge is -2.28. The van der Waals surface area contributed by atoms with Gasteiger partial charge in [0.05, 0.1) is 12.1 Å². The molecule has 0 saturated heterocycles. The first kappa shape index (κ1) is 11.8. The summed E-state index contributed by atoms with van der Waals surface area (Å²) < 4.78 is 5.24. The van der Waals surface area contributed by atoms with Crippen molar-refractivity contribution in [3.63, 3.8) is 0 Å². The Balaban J connectivity index is 1.73. The first-order valence-electron chi connectivity index (χ1n) is 6.75. The molecule has 2 aliphatic rings. The molecule has 0 radical (unpaired) electrons. The van der Waals surface area contributed by atoms with Gasteiger partial charge in [0.1, 0.15) is 12.0 Å². The van der Waals surface area contributed by atoms with Crippen molar-refractivity contribution >= 4 is 5.91 Å². The number of furan rings is 1. The predicted molar refractivity (Wildman–Crippen MR) is 67.9 cm³/mol. The van der Waals surface area contributed by atoms with Crippen LogP contribution >= 0.6 is 0 Å². The second kappa shape index (κ2) is 4.43. The van der Waals surface area contributed by atoms with Crippen molar-refractivity contribution in [2.75, 3.05) is 7.05 Å². The van der Waals surface area contributed by atoms with E-state index < -0.39 is 0 Å². The number of nitrogens with zero attached hydrogens (tertiary/aromatic N) is 1. The third-order valence-corrected chi connectivity index (χ3v) is 4.08. The van der Waals surface area contributed by atoms with Crippen LogP contribution in [-0.2, 0) is 6.54 Å². The van der Waals surface area contributed by atoms with E-state index in [1.165, 1.54) is 31.9 Å². The zero-order chi connectivity index (χ0) is 12.7. The number of hydrogen-bond acceptors (Lipinski definition) is 3. The van der Waals surface area contributed by atoms with Crippen molar-refractivity contribution in [2.45, 2.75) is 38.3 Å². The Bertz CT molecular complexity index is 434. The van der Waals surface area contributed by atoms with Crippen molar-refractivity contribution in [2.24, 2.45) is 17.6 Å². The molecule has 1 amide bonds. The zero-order valence-corrected chi connectivity index (χ0v) is 10.8. The molecule has 4 nitrogen and oxygen atoms in total. The van der Waals surface area contributed by atoms with Gasteiger partial charge in [-0.3, -0.25) is 4.79 Å². The lowest BCUT2D eigenvalue weighted by Crippen LogP contribution is -2.39. The summed E-state index contributed by atoms with van der Waals surface area (Å²) in [6, 6.07) is 2.20. The van der Waals surface area contributed by atoms with Gasteiger partial charge in [0.15, 0.2) is 0 Å². The van der Waals surface area contributed by atoms with Gasteiger partial charge < -0.3 is 15.1 Å². The summed E-state index contributed by atoms with van der Waals surface area (Å²) in [6.07, 6.45) is 6.63. The second-order valence-corrected chi connectivity index (χ2v) is 5.59. The molecular formula is C14H20N2O2. The fourth-order valence-corrected chi connectivity index (χ4v) is 2.83. The van der Waals surface area contributed by atoms with Crippen LogP contribution in [0.1, 0.15) is 41.8 Å². The fraction of sp³-hybridized carbons (Fsp3) is 0.643. The number of rotatable bonds is 5. The molecule has 2 fully saturated rings. The van der Waals surface area contributed by atoms with Gasteiger partial charge in [-0.15, -0.1) is 0 Å². The van der Waals surface area contributed by atoms with Crippen LogP contribution in [0.4, 0.5) is 0 Å². The number of hydrogen-bond donors (Lipinski definition) is 1. The Kier molecular flexibility index (Phi) is 2.90. The van der Waals surface area contributed by atoms with Gasteiger partial charge in [-0.05, 0) is 43.6 Å². The van der Waals surface area contributed by atoms with E-state index in [2.05, 4.69) is 0 Å². The topological polar surface area (TPSA) is 59.5 Å². The highest BCUT2D eigenvalue weighted by Crippen LogP contribution is 2.47. The molecule has 18 heavy (non-hydrogen) atoms. The molecular weight excluding hydrogens is 228 g/mol. The largest absolute Gasteiger partial charge is 0.467 e. The minimum absolute atomic E-state index is 0.0715. The molecule has 2 N–H and O–H groups in total. The van der Waals surface area contributed by atoms with Gasteiger partial charge in [-0.25, -0.2) is 0 Å². The molecule has 0 aliphatic heterocycles. The van der Waals surface area contributed by atoms with Gasteiger partial charge in [-0.2, -0.15) is 0 Å². The standard InChI is InChI=1S/C14H20N2O2/c1-16(13(9-2-3-9)10-4-5-10)14(17)11-6-12(7-15)18-8-11/h6,8-10,13H,2-5,7,15H2,1H3.